The van der Waals surface area contributed by atoms with Crippen LogP contribution >= 0.6 is 11.3 Å². The number of benzene rings is 1. The Balaban J connectivity index is 2.18. The number of aromatic nitrogens is 1. The van der Waals surface area contributed by atoms with Gasteiger partial charge in [-0.3, -0.25) is 0 Å². The van der Waals surface area contributed by atoms with Crippen LogP contribution in [0.2, 0.25) is 0 Å². The van der Waals surface area contributed by atoms with Gasteiger partial charge in [0.05, 0.1) is 5.69 Å². The standard InChI is InChI=1S/C11H12N2OS/c1-7-8(2)15-11(12-7)13-9-3-5-10(14)6-4-9/h3-6,14H,1-2H3,(H,12,13). The number of aryl methyl sites for hydroxylation is 2. The van der Waals surface area contributed by atoms with Crippen LogP contribution in [0, 0.1) is 13.8 Å². The Bertz CT molecular complexity index is 442. The largest absolute Gasteiger partial charge is 0.508 e. The van der Waals surface area contributed by atoms with E-state index in [1.165, 1.54) is 4.88 Å². The van der Waals surface area contributed by atoms with Crippen molar-refractivity contribution >= 4 is 22.2 Å². The van der Waals surface area contributed by atoms with Crippen molar-refractivity contribution in [2.24, 2.45) is 0 Å². The average Bonchev–Trinajstić information content (AvgIpc) is 2.50. The number of hydrogen-bond donors (Lipinski definition) is 2. The number of hydrogen-bond acceptors (Lipinski definition) is 4. The van der Waals surface area contributed by atoms with Crippen LogP contribution in [0.3, 0.4) is 0 Å². The summed E-state index contributed by atoms with van der Waals surface area (Å²) in [6.45, 7) is 4.04. The summed E-state index contributed by atoms with van der Waals surface area (Å²) < 4.78 is 0. The summed E-state index contributed by atoms with van der Waals surface area (Å²) in [5.74, 6) is 0.270. The summed E-state index contributed by atoms with van der Waals surface area (Å²) in [7, 11) is 0. The van der Waals surface area contributed by atoms with Gasteiger partial charge in [0, 0.05) is 10.6 Å². The van der Waals surface area contributed by atoms with Crippen molar-refractivity contribution in [2.75, 3.05) is 5.32 Å². The molecule has 2 rings (SSSR count). The maximum Gasteiger partial charge on any atom is 0.187 e. The molecule has 0 spiro atoms. The minimum atomic E-state index is 0.270. The Morgan fingerprint density at radius 1 is 1.20 bits per heavy atom. The molecule has 1 heterocycles. The van der Waals surface area contributed by atoms with Crippen molar-refractivity contribution in [1.29, 1.82) is 0 Å². The van der Waals surface area contributed by atoms with E-state index in [9.17, 15) is 0 Å². The van der Waals surface area contributed by atoms with Gasteiger partial charge in [-0.15, -0.1) is 11.3 Å². The summed E-state index contributed by atoms with van der Waals surface area (Å²) in [6, 6.07) is 6.94. The van der Waals surface area contributed by atoms with Crippen molar-refractivity contribution < 1.29 is 5.11 Å². The molecule has 4 heteroatoms. The van der Waals surface area contributed by atoms with Crippen LogP contribution in [0.25, 0.3) is 0 Å². The van der Waals surface area contributed by atoms with Crippen molar-refractivity contribution in [3.63, 3.8) is 0 Å². The minimum Gasteiger partial charge on any atom is -0.508 e. The van der Waals surface area contributed by atoms with E-state index in [1.54, 1.807) is 23.5 Å². The molecular formula is C11H12N2OS. The van der Waals surface area contributed by atoms with Gasteiger partial charge >= 0.3 is 0 Å². The van der Waals surface area contributed by atoms with Crippen LogP contribution in [0.1, 0.15) is 10.6 Å². The quantitative estimate of drug-likeness (QED) is 0.764. The van der Waals surface area contributed by atoms with Gasteiger partial charge in [-0.25, -0.2) is 4.98 Å². The highest BCUT2D eigenvalue weighted by Gasteiger charge is 2.03. The van der Waals surface area contributed by atoms with E-state index in [0.717, 1.165) is 16.5 Å². The molecule has 0 atom stereocenters. The number of aromatic hydroxyl groups is 1. The van der Waals surface area contributed by atoms with Crippen LogP contribution in [0.4, 0.5) is 10.8 Å². The molecule has 1 aromatic carbocycles. The zero-order valence-electron chi connectivity index (χ0n) is 8.61. The monoisotopic (exact) mass is 220 g/mol. The lowest BCUT2D eigenvalue weighted by atomic mass is 10.3. The van der Waals surface area contributed by atoms with Crippen LogP contribution in [-0.4, -0.2) is 10.1 Å². The van der Waals surface area contributed by atoms with Crippen molar-refractivity contribution in [1.82, 2.24) is 4.98 Å². The third-order valence-corrected chi connectivity index (χ3v) is 3.14. The third kappa shape index (κ3) is 2.27. The Hall–Kier alpha value is -1.55. The fourth-order valence-corrected chi connectivity index (χ4v) is 2.03. The third-order valence-electron chi connectivity index (χ3n) is 2.15. The van der Waals surface area contributed by atoms with E-state index >= 15 is 0 Å². The van der Waals surface area contributed by atoms with Crippen LogP contribution in [0.15, 0.2) is 24.3 Å². The Labute approximate surface area is 92.4 Å². The molecule has 2 N–H and O–H groups in total. The zero-order chi connectivity index (χ0) is 10.8. The van der Waals surface area contributed by atoms with Gasteiger partial charge in [-0.2, -0.15) is 0 Å². The number of phenols is 1. The molecule has 0 unspecified atom stereocenters. The summed E-state index contributed by atoms with van der Waals surface area (Å²) >= 11 is 1.63. The van der Waals surface area contributed by atoms with Gasteiger partial charge in [-0.1, -0.05) is 0 Å². The molecule has 0 bridgehead atoms. The van der Waals surface area contributed by atoms with Gasteiger partial charge in [-0.05, 0) is 38.1 Å². The second-order valence-electron chi connectivity index (χ2n) is 3.33. The molecule has 0 saturated heterocycles. The summed E-state index contributed by atoms with van der Waals surface area (Å²) in [5.41, 5.74) is 1.99. The van der Waals surface area contributed by atoms with E-state index in [2.05, 4.69) is 17.2 Å². The van der Waals surface area contributed by atoms with Crippen molar-refractivity contribution in [3.8, 4) is 5.75 Å². The molecule has 0 amide bonds. The fraction of sp³-hybridized carbons (Fsp3) is 0.182. The van der Waals surface area contributed by atoms with E-state index in [0.29, 0.717) is 0 Å². The zero-order valence-corrected chi connectivity index (χ0v) is 9.43. The molecule has 3 nitrogen and oxygen atoms in total. The Kier molecular flexibility index (Phi) is 2.60. The molecule has 0 aliphatic heterocycles. The highest BCUT2D eigenvalue weighted by atomic mass is 32.1. The molecule has 78 valence electrons. The second-order valence-corrected chi connectivity index (χ2v) is 4.54. The predicted molar refractivity (Wildman–Crippen MR) is 63.0 cm³/mol. The van der Waals surface area contributed by atoms with Gasteiger partial charge in [0.1, 0.15) is 5.75 Å². The summed E-state index contributed by atoms with van der Waals surface area (Å²) in [5, 5.41) is 13.2. The van der Waals surface area contributed by atoms with Crippen LogP contribution in [0.5, 0.6) is 5.75 Å². The van der Waals surface area contributed by atoms with Crippen molar-refractivity contribution in [3.05, 3.63) is 34.8 Å². The van der Waals surface area contributed by atoms with E-state index in [1.807, 2.05) is 19.1 Å². The lowest BCUT2D eigenvalue weighted by Crippen LogP contribution is -1.88. The van der Waals surface area contributed by atoms with E-state index < -0.39 is 0 Å². The lowest BCUT2D eigenvalue weighted by molar-refractivity contribution is 0.475. The molecule has 15 heavy (non-hydrogen) atoms. The average molecular weight is 220 g/mol. The number of phenolic OH excluding ortho intramolecular Hbond substituents is 1. The van der Waals surface area contributed by atoms with Crippen molar-refractivity contribution in [2.45, 2.75) is 13.8 Å². The van der Waals surface area contributed by atoms with Gasteiger partial charge in [0.25, 0.3) is 0 Å². The van der Waals surface area contributed by atoms with Crippen LogP contribution < -0.4 is 5.32 Å². The number of anilines is 2. The first kappa shape index (κ1) is 9.98. The second kappa shape index (κ2) is 3.90. The molecule has 0 aliphatic rings. The predicted octanol–water partition coefficient (Wildman–Crippen LogP) is 3.21. The summed E-state index contributed by atoms with van der Waals surface area (Å²) in [6.07, 6.45) is 0. The molecule has 0 saturated carbocycles. The molecule has 1 aromatic heterocycles. The molecule has 0 radical (unpaired) electrons. The highest BCUT2D eigenvalue weighted by Crippen LogP contribution is 2.25. The Morgan fingerprint density at radius 2 is 1.87 bits per heavy atom. The smallest absolute Gasteiger partial charge is 0.187 e. The minimum absolute atomic E-state index is 0.270. The first-order chi connectivity index (χ1) is 7.15. The molecular weight excluding hydrogens is 208 g/mol. The number of rotatable bonds is 2. The topological polar surface area (TPSA) is 45.2 Å². The molecule has 0 aliphatic carbocycles. The maximum atomic E-state index is 9.13. The van der Waals surface area contributed by atoms with Gasteiger partial charge < -0.3 is 10.4 Å². The van der Waals surface area contributed by atoms with E-state index in [-0.39, 0.29) is 5.75 Å². The lowest BCUT2D eigenvalue weighted by Gasteiger charge is -2.01. The molecule has 2 aromatic rings. The molecule has 0 fully saturated rings. The normalized spacial score (nSPS) is 10.3. The van der Waals surface area contributed by atoms with Gasteiger partial charge in [0.2, 0.25) is 0 Å². The summed E-state index contributed by atoms with van der Waals surface area (Å²) in [4.78, 5) is 5.59. The van der Waals surface area contributed by atoms with E-state index in [4.69, 9.17) is 5.11 Å². The number of nitrogens with one attached hydrogen (secondary N) is 1. The number of nitrogens with zero attached hydrogens (tertiary/aromatic N) is 1. The van der Waals surface area contributed by atoms with Gasteiger partial charge in [0.15, 0.2) is 5.13 Å². The first-order valence-corrected chi connectivity index (χ1v) is 5.47. The Morgan fingerprint density at radius 3 is 2.40 bits per heavy atom. The number of thiazole rings is 1. The first-order valence-electron chi connectivity index (χ1n) is 4.65. The highest BCUT2D eigenvalue weighted by molar-refractivity contribution is 7.15. The van der Waals surface area contributed by atoms with Crippen LogP contribution in [-0.2, 0) is 0 Å². The SMILES string of the molecule is Cc1nc(Nc2ccc(O)cc2)sc1C. The fourth-order valence-electron chi connectivity index (χ4n) is 1.19. The maximum absolute atomic E-state index is 9.13.